The first-order valence-corrected chi connectivity index (χ1v) is 7.35. The number of hydrogen-bond donors (Lipinski definition) is 2. The standard InChI is InChI=1S/C14H21IN2O/c1-4-14(5-2,9-16)17-13(18)11-7-6-8-12(15)10(11)3/h6-8H,4-5,9,16H2,1-3H3,(H,17,18). The smallest absolute Gasteiger partial charge is 0.252 e. The number of nitrogens with one attached hydrogen (secondary N) is 1. The summed E-state index contributed by atoms with van der Waals surface area (Å²) in [7, 11) is 0. The van der Waals surface area contributed by atoms with E-state index in [1.54, 1.807) is 0 Å². The molecule has 0 aliphatic heterocycles. The molecule has 100 valence electrons. The van der Waals surface area contributed by atoms with Crippen LogP contribution in [0.25, 0.3) is 0 Å². The third-order valence-corrected chi connectivity index (χ3v) is 4.80. The van der Waals surface area contributed by atoms with Gasteiger partial charge in [-0.1, -0.05) is 19.9 Å². The molecule has 0 atom stereocenters. The molecule has 1 aromatic carbocycles. The fourth-order valence-corrected chi connectivity index (χ4v) is 2.43. The predicted octanol–water partition coefficient (Wildman–Crippen LogP) is 2.85. The molecule has 0 bridgehead atoms. The van der Waals surface area contributed by atoms with E-state index in [9.17, 15) is 4.79 Å². The van der Waals surface area contributed by atoms with Gasteiger partial charge in [0.2, 0.25) is 0 Å². The van der Waals surface area contributed by atoms with E-state index in [1.165, 1.54) is 0 Å². The minimum atomic E-state index is -0.287. The van der Waals surface area contributed by atoms with Crippen LogP contribution in [0.5, 0.6) is 0 Å². The molecule has 1 rings (SSSR count). The molecule has 0 aliphatic rings. The van der Waals surface area contributed by atoms with Gasteiger partial charge in [0.25, 0.3) is 5.91 Å². The van der Waals surface area contributed by atoms with Crippen molar-refractivity contribution in [1.82, 2.24) is 5.32 Å². The lowest BCUT2D eigenvalue weighted by Gasteiger charge is -2.31. The molecule has 1 amide bonds. The first-order valence-electron chi connectivity index (χ1n) is 6.27. The van der Waals surface area contributed by atoms with Gasteiger partial charge in [0.05, 0.1) is 5.54 Å². The Labute approximate surface area is 123 Å². The molecule has 3 N–H and O–H groups in total. The van der Waals surface area contributed by atoms with Gasteiger partial charge in [-0.2, -0.15) is 0 Å². The lowest BCUT2D eigenvalue weighted by atomic mass is 9.92. The van der Waals surface area contributed by atoms with Crippen molar-refractivity contribution in [3.8, 4) is 0 Å². The van der Waals surface area contributed by atoms with Crippen LogP contribution in [0.15, 0.2) is 18.2 Å². The first kappa shape index (κ1) is 15.4. The normalized spacial score (nSPS) is 11.4. The summed E-state index contributed by atoms with van der Waals surface area (Å²) in [6.45, 7) is 6.55. The highest BCUT2D eigenvalue weighted by molar-refractivity contribution is 14.1. The fraction of sp³-hybridized carbons (Fsp3) is 0.500. The summed E-state index contributed by atoms with van der Waals surface area (Å²) in [5.41, 5.74) is 7.28. The molecule has 0 unspecified atom stereocenters. The van der Waals surface area contributed by atoms with Crippen molar-refractivity contribution in [2.24, 2.45) is 5.73 Å². The second-order valence-electron chi connectivity index (χ2n) is 4.56. The van der Waals surface area contributed by atoms with E-state index in [2.05, 4.69) is 41.8 Å². The van der Waals surface area contributed by atoms with Crippen molar-refractivity contribution in [2.45, 2.75) is 39.2 Å². The SMILES string of the molecule is CCC(CC)(CN)NC(=O)c1cccc(I)c1C. The monoisotopic (exact) mass is 360 g/mol. The highest BCUT2D eigenvalue weighted by Crippen LogP contribution is 2.18. The van der Waals surface area contributed by atoms with Gasteiger partial charge in [0.1, 0.15) is 0 Å². The predicted molar refractivity (Wildman–Crippen MR) is 83.7 cm³/mol. The minimum Gasteiger partial charge on any atom is -0.345 e. The van der Waals surface area contributed by atoms with Crippen molar-refractivity contribution in [3.63, 3.8) is 0 Å². The van der Waals surface area contributed by atoms with Crippen LogP contribution in [0.3, 0.4) is 0 Å². The summed E-state index contributed by atoms with van der Waals surface area (Å²) in [6, 6.07) is 5.77. The maximum atomic E-state index is 12.3. The van der Waals surface area contributed by atoms with Crippen molar-refractivity contribution >= 4 is 28.5 Å². The van der Waals surface area contributed by atoms with E-state index < -0.39 is 0 Å². The van der Waals surface area contributed by atoms with Gasteiger partial charge in [-0.05, 0) is 60.1 Å². The second kappa shape index (κ2) is 6.52. The number of carbonyl (C=O) groups is 1. The quantitative estimate of drug-likeness (QED) is 0.794. The molecular weight excluding hydrogens is 339 g/mol. The van der Waals surface area contributed by atoms with Crippen LogP contribution in [0.1, 0.15) is 42.6 Å². The maximum absolute atomic E-state index is 12.3. The molecule has 0 saturated heterocycles. The van der Waals surface area contributed by atoms with Crippen molar-refractivity contribution in [2.75, 3.05) is 6.54 Å². The van der Waals surface area contributed by atoms with E-state index in [1.807, 2.05) is 25.1 Å². The van der Waals surface area contributed by atoms with Gasteiger partial charge < -0.3 is 11.1 Å². The van der Waals surface area contributed by atoms with Gasteiger partial charge in [0, 0.05) is 15.7 Å². The zero-order valence-electron chi connectivity index (χ0n) is 11.2. The number of rotatable bonds is 5. The second-order valence-corrected chi connectivity index (χ2v) is 5.72. The summed E-state index contributed by atoms with van der Waals surface area (Å²) < 4.78 is 1.10. The molecule has 0 saturated carbocycles. The minimum absolute atomic E-state index is 0.0276. The Bertz CT molecular complexity index is 420. The largest absolute Gasteiger partial charge is 0.345 e. The number of carbonyl (C=O) groups excluding carboxylic acids is 1. The van der Waals surface area contributed by atoms with Crippen molar-refractivity contribution < 1.29 is 4.79 Å². The van der Waals surface area contributed by atoms with Gasteiger partial charge in [-0.25, -0.2) is 0 Å². The van der Waals surface area contributed by atoms with E-state index in [-0.39, 0.29) is 11.4 Å². The molecule has 4 heteroatoms. The van der Waals surface area contributed by atoms with Gasteiger partial charge in [0.15, 0.2) is 0 Å². The van der Waals surface area contributed by atoms with Crippen molar-refractivity contribution in [3.05, 3.63) is 32.9 Å². The Hall–Kier alpha value is -0.620. The molecule has 0 fully saturated rings. The summed E-state index contributed by atoms with van der Waals surface area (Å²) in [5, 5.41) is 3.10. The van der Waals surface area contributed by atoms with Crippen LogP contribution in [0, 0.1) is 10.5 Å². The topological polar surface area (TPSA) is 55.1 Å². The average Bonchev–Trinajstić information content (AvgIpc) is 2.39. The molecule has 0 heterocycles. The summed E-state index contributed by atoms with van der Waals surface area (Å²) in [6.07, 6.45) is 1.68. The van der Waals surface area contributed by atoms with E-state index in [4.69, 9.17) is 5.73 Å². The van der Waals surface area contributed by atoms with Crippen LogP contribution >= 0.6 is 22.6 Å². The first-order chi connectivity index (χ1) is 8.49. The molecule has 0 spiro atoms. The van der Waals surface area contributed by atoms with Crippen LogP contribution in [-0.2, 0) is 0 Å². The average molecular weight is 360 g/mol. The Balaban J connectivity index is 2.98. The number of halogens is 1. The molecular formula is C14H21IN2O. The maximum Gasteiger partial charge on any atom is 0.252 e. The zero-order chi connectivity index (χ0) is 13.8. The summed E-state index contributed by atoms with van der Waals surface area (Å²) in [5.74, 6) is -0.0276. The Kier molecular flexibility index (Phi) is 5.59. The van der Waals surface area contributed by atoms with E-state index in [0.717, 1.165) is 27.5 Å². The van der Waals surface area contributed by atoms with Crippen LogP contribution in [0.4, 0.5) is 0 Å². The lowest BCUT2D eigenvalue weighted by molar-refractivity contribution is 0.0894. The Morgan fingerprint density at radius 2 is 2.00 bits per heavy atom. The Morgan fingerprint density at radius 3 is 2.50 bits per heavy atom. The third kappa shape index (κ3) is 3.23. The molecule has 3 nitrogen and oxygen atoms in total. The molecule has 0 radical (unpaired) electrons. The highest BCUT2D eigenvalue weighted by atomic mass is 127. The van der Waals surface area contributed by atoms with Crippen molar-refractivity contribution in [1.29, 1.82) is 0 Å². The van der Waals surface area contributed by atoms with E-state index >= 15 is 0 Å². The van der Waals surface area contributed by atoms with Crippen LogP contribution in [0.2, 0.25) is 0 Å². The van der Waals surface area contributed by atoms with Crippen LogP contribution in [-0.4, -0.2) is 18.0 Å². The molecule has 0 aliphatic carbocycles. The van der Waals surface area contributed by atoms with Gasteiger partial charge in [-0.3, -0.25) is 4.79 Å². The number of benzene rings is 1. The molecule has 18 heavy (non-hydrogen) atoms. The highest BCUT2D eigenvalue weighted by Gasteiger charge is 2.27. The summed E-state index contributed by atoms with van der Waals surface area (Å²) >= 11 is 2.24. The third-order valence-electron chi connectivity index (χ3n) is 3.64. The van der Waals surface area contributed by atoms with Crippen LogP contribution < -0.4 is 11.1 Å². The molecule has 1 aromatic rings. The van der Waals surface area contributed by atoms with Gasteiger partial charge >= 0.3 is 0 Å². The number of hydrogen-bond acceptors (Lipinski definition) is 2. The van der Waals surface area contributed by atoms with Gasteiger partial charge in [-0.15, -0.1) is 0 Å². The lowest BCUT2D eigenvalue weighted by Crippen LogP contribution is -2.53. The number of amides is 1. The number of nitrogens with two attached hydrogens (primary N) is 1. The molecule has 0 aromatic heterocycles. The Morgan fingerprint density at radius 1 is 1.39 bits per heavy atom. The van der Waals surface area contributed by atoms with E-state index in [0.29, 0.717) is 6.54 Å². The fourth-order valence-electron chi connectivity index (χ4n) is 1.93. The zero-order valence-corrected chi connectivity index (χ0v) is 13.4. The summed E-state index contributed by atoms with van der Waals surface area (Å²) in [4.78, 5) is 12.3.